The molecule has 184 valence electrons. The average Bonchev–Trinajstić information content (AvgIpc) is 2.91. The molecule has 0 aliphatic rings. The number of hydrogen-bond donors (Lipinski definition) is 1. The molecule has 3 aromatic rings. The van der Waals surface area contributed by atoms with Gasteiger partial charge in [-0.25, -0.2) is 0 Å². The topological polar surface area (TPSA) is 58.6 Å². The van der Waals surface area contributed by atoms with Gasteiger partial charge in [-0.15, -0.1) is 0 Å². The van der Waals surface area contributed by atoms with Gasteiger partial charge in [-0.1, -0.05) is 91.0 Å². The second kappa shape index (κ2) is 14.7. The number of benzene rings is 3. The van der Waals surface area contributed by atoms with Gasteiger partial charge in [-0.05, 0) is 36.5 Å². The molecular weight excluding hydrogens is 436 g/mol. The lowest BCUT2D eigenvalue weighted by atomic mass is 10.0. The maximum absolute atomic E-state index is 13.6. The van der Waals surface area contributed by atoms with Crippen LogP contribution in [0.1, 0.15) is 36.5 Å². The van der Waals surface area contributed by atoms with E-state index in [9.17, 15) is 9.59 Å². The van der Waals surface area contributed by atoms with Gasteiger partial charge in [0.2, 0.25) is 11.8 Å². The van der Waals surface area contributed by atoms with Crippen molar-refractivity contribution in [3.8, 4) is 0 Å². The Labute approximate surface area is 209 Å². The summed E-state index contributed by atoms with van der Waals surface area (Å²) in [5.74, 6) is -0.155. The zero-order valence-corrected chi connectivity index (χ0v) is 20.6. The average molecular weight is 473 g/mol. The molecule has 0 saturated carbocycles. The number of nitrogens with one attached hydrogen (secondary N) is 1. The number of amides is 2. The van der Waals surface area contributed by atoms with E-state index in [0.29, 0.717) is 45.6 Å². The molecule has 1 N–H and O–H groups in total. The molecule has 0 aliphatic carbocycles. The zero-order valence-electron chi connectivity index (χ0n) is 20.6. The predicted octanol–water partition coefficient (Wildman–Crippen LogP) is 4.80. The summed E-state index contributed by atoms with van der Waals surface area (Å²) >= 11 is 0. The fraction of sp³-hybridized carbons (Fsp3) is 0.333. The molecule has 0 radical (unpaired) electrons. The first kappa shape index (κ1) is 26.2. The van der Waals surface area contributed by atoms with Gasteiger partial charge < -0.3 is 15.0 Å². The third-order valence-corrected chi connectivity index (χ3v) is 5.91. The smallest absolute Gasteiger partial charge is 0.243 e. The number of carbonyl (C=O) groups is 2. The van der Waals surface area contributed by atoms with Gasteiger partial charge in [0.05, 0.1) is 0 Å². The van der Waals surface area contributed by atoms with Crippen molar-refractivity contribution >= 4 is 11.8 Å². The molecule has 2 amide bonds. The van der Waals surface area contributed by atoms with Crippen LogP contribution in [0.3, 0.4) is 0 Å². The summed E-state index contributed by atoms with van der Waals surface area (Å²) in [4.78, 5) is 28.8. The first-order chi connectivity index (χ1) is 17.2. The van der Waals surface area contributed by atoms with Gasteiger partial charge in [0.15, 0.2) is 0 Å². The summed E-state index contributed by atoms with van der Waals surface area (Å²) in [6.45, 7) is 4.12. The van der Waals surface area contributed by atoms with Gasteiger partial charge in [-0.2, -0.15) is 0 Å². The van der Waals surface area contributed by atoms with Crippen molar-refractivity contribution in [3.63, 3.8) is 0 Å². The summed E-state index contributed by atoms with van der Waals surface area (Å²) in [6.07, 6.45) is 2.18. The first-order valence-electron chi connectivity index (χ1n) is 12.4. The van der Waals surface area contributed by atoms with Crippen molar-refractivity contribution in [1.29, 1.82) is 0 Å². The van der Waals surface area contributed by atoms with Crippen LogP contribution in [-0.4, -0.2) is 42.5 Å². The minimum Gasteiger partial charge on any atom is -0.382 e. The number of aryl methyl sites for hydroxylation is 1. The van der Waals surface area contributed by atoms with Crippen molar-refractivity contribution in [3.05, 3.63) is 108 Å². The fourth-order valence-corrected chi connectivity index (χ4v) is 4.02. The maximum Gasteiger partial charge on any atom is 0.243 e. The lowest BCUT2D eigenvalue weighted by Crippen LogP contribution is -2.50. The number of ether oxygens (including phenoxy) is 1. The van der Waals surface area contributed by atoms with Crippen LogP contribution in [0.5, 0.6) is 0 Å². The standard InChI is InChI=1S/C30H36N2O3/c1-2-35-22-12-21-31-30(34)28(23-26-15-8-4-9-16-26)32(24-27-17-10-5-11-18-27)29(33)20-19-25-13-6-3-7-14-25/h3-11,13-18,28H,2,12,19-24H2,1H3,(H,31,34)/t28-/m0/s1. The summed E-state index contributed by atoms with van der Waals surface area (Å²) in [6, 6.07) is 29.2. The molecule has 5 nitrogen and oxygen atoms in total. The fourth-order valence-electron chi connectivity index (χ4n) is 4.02. The second-order valence-corrected chi connectivity index (χ2v) is 8.54. The summed E-state index contributed by atoms with van der Waals surface area (Å²) in [7, 11) is 0. The summed E-state index contributed by atoms with van der Waals surface area (Å²) in [5, 5.41) is 3.04. The number of carbonyl (C=O) groups excluding carboxylic acids is 2. The molecule has 0 spiro atoms. The van der Waals surface area contributed by atoms with Crippen LogP contribution in [0.25, 0.3) is 0 Å². The SMILES string of the molecule is CCOCCCNC(=O)[C@H](Cc1ccccc1)N(Cc1ccccc1)C(=O)CCc1ccccc1. The Morgan fingerprint density at radius 1 is 0.829 bits per heavy atom. The molecule has 0 unspecified atom stereocenters. The molecule has 0 fully saturated rings. The van der Waals surface area contributed by atoms with Crippen molar-refractivity contribution in [2.24, 2.45) is 0 Å². The van der Waals surface area contributed by atoms with E-state index in [-0.39, 0.29) is 11.8 Å². The molecule has 3 rings (SSSR count). The van der Waals surface area contributed by atoms with Gasteiger partial charge in [0, 0.05) is 39.1 Å². The van der Waals surface area contributed by atoms with Gasteiger partial charge in [0.1, 0.15) is 6.04 Å². The van der Waals surface area contributed by atoms with Crippen LogP contribution in [0.15, 0.2) is 91.0 Å². The van der Waals surface area contributed by atoms with E-state index in [1.165, 1.54) is 0 Å². The Hall–Kier alpha value is -3.44. The molecule has 0 saturated heterocycles. The Balaban J connectivity index is 1.81. The first-order valence-corrected chi connectivity index (χ1v) is 12.4. The van der Waals surface area contributed by atoms with Crippen LogP contribution in [0.4, 0.5) is 0 Å². The van der Waals surface area contributed by atoms with E-state index < -0.39 is 6.04 Å². The lowest BCUT2D eigenvalue weighted by molar-refractivity contribution is -0.141. The largest absolute Gasteiger partial charge is 0.382 e. The van der Waals surface area contributed by atoms with Gasteiger partial charge in [-0.3, -0.25) is 9.59 Å². The highest BCUT2D eigenvalue weighted by molar-refractivity contribution is 5.88. The lowest BCUT2D eigenvalue weighted by Gasteiger charge is -2.31. The van der Waals surface area contributed by atoms with Crippen molar-refractivity contribution in [2.75, 3.05) is 19.8 Å². The highest BCUT2D eigenvalue weighted by Gasteiger charge is 2.30. The van der Waals surface area contributed by atoms with Crippen LogP contribution in [0.2, 0.25) is 0 Å². The summed E-state index contributed by atoms with van der Waals surface area (Å²) < 4.78 is 5.39. The molecule has 0 aromatic heterocycles. The van der Waals surface area contributed by atoms with Gasteiger partial charge in [0.25, 0.3) is 0 Å². The van der Waals surface area contributed by atoms with E-state index in [1.807, 2.05) is 97.9 Å². The van der Waals surface area contributed by atoms with E-state index in [0.717, 1.165) is 23.1 Å². The molecule has 1 atom stereocenters. The van der Waals surface area contributed by atoms with Crippen LogP contribution >= 0.6 is 0 Å². The monoisotopic (exact) mass is 472 g/mol. The highest BCUT2D eigenvalue weighted by Crippen LogP contribution is 2.17. The van der Waals surface area contributed by atoms with Crippen molar-refractivity contribution < 1.29 is 14.3 Å². The predicted molar refractivity (Wildman–Crippen MR) is 140 cm³/mol. The van der Waals surface area contributed by atoms with Crippen LogP contribution < -0.4 is 5.32 Å². The minimum absolute atomic E-state index is 0.0249. The molecule has 5 heteroatoms. The normalized spacial score (nSPS) is 11.6. The minimum atomic E-state index is -0.604. The Morgan fingerprint density at radius 2 is 1.40 bits per heavy atom. The Kier molecular flexibility index (Phi) is 11.0. The molecular formula is C30H36N2O3. The zero-order chi connectivity index (χ0) is 24.7. The Morgan fingerprint density at radius 3 is 2.00 bits per heavy atom. The van der Waals surface area contributed by atoms with E-state index in [4.69, 9.17) is 4.74 Å². The van der Waals surface area contributed by atoms with E-state index in [2.05, 4.69) is 5.32 Å². The maximum atomic E-state index is 13.6. The highest BCUT2D eigenvalue weighted by atomic mass is 16.5. The summed E-state index contributed by atoms with van der Waals surface area (Å²) in [5.41, 5.74) is 3.14. The molecule has 0 aliphatic heterocycles. The molecule has 3 aromatic carbocycles. The molecule has 0 bridgehead atoms. The van der Waals surface area contributed by atoms with Crippen molar-refractivity contribution in [2.45, 2.75) is 45.2 Å². The van der Waals surface area contributed by atoms with Crippen LogP contribution in [-0.2, 0) is 33.7 Å². The van der Waals surface area contributed by atoms with Crippen LogP contribution in [0, 0.1) is 0 Å². The van der Waals surface area contributed by atoms with E-state index in [1.54, 1.807) is 4.90 Å². The molecule has 0 heterocycles. The quantitative estimate of drug-likeness (QED) is 0.343. The number of hydrogen-bond acceptors (Lipinski definition) is 3. The number of nitrogens with zero attached hydrogens (tertiary/aromatic N) is 1. The van der Waals surface area contributed by atoms with Gasteiger partial charge >= 0.3 is 0 Å². The Bertz CT molecular complexity index is 1010. The van der Waals surface area contributed by atoms with Crippen molar-refractivity contribution in [1.82, 2.24) is 10.2 Å². The number of rotatable bonds is 14. The van der Waals surface area contributed by atoms with E-state index >= 15 is 0 Å². The third kappa shape index (κ3) is 9.02. The second-order valence-electron chi connectivity index (χ2n) is 8.54. The third-order valence-electron chi connectivity index (χ3n) is 5.91. The molecule has 35 heavy (non-hydrogen) atoms.